The molecule has 2 heteroatoms. The van der Waals surface area contributed by atoms with Crippen molar-refractivity contribution in [3.05, 3.63) is 0 Å². The van der Waals surface area contributed by atoms with Crippen molar-refractivity contribution in [2.24, 2.45) is 17.3 Å². The van der Waals surface area contributed by atoms with Crippen LogP contribution in [0.5, 0.6) is 0 Å². The molecule has 4 rings (SSSR count). The highest BCUT2D eigenvalue weighted by Gasteiger charge is 2.86. The number of ether oxygens (including phenoxy) is 2. The predicted molar refractivity (Wildman–Crippen MR) is 65.8 cm³/mol. The molecule has 2 nitrogen and oxygen atoms in total. The maximum atomic E-state index is 6.38. The van der Waals surface area contributed by atoms with Gasteiger partial charge >= 0.3 is 0 Å². The number of epoxide rings is 2. The summed E-state index contributed by atoms with van der Waals surface area (Å²) in [5, 5.41) is 0. The third-order valence-corrected chi connectivity index (χ3v) is 6.43. The van der Waals surface area contributed by atoms with Gasteiger partial charge in [0.2, 0.25) is 0 Å². The van der Waals surface area contributed by atoms with Crippen molar-refractivity contribution in [2.45, 2.75) is 76.8 Å². The molecule has 0 unspecified atom stereocenters. The zero-order chi connectivity index (χ0) is 12.1. The van der Waals surface area contributed by atoms with Crippen LogP contribution in [-0.2, 0) is 9.47 Å². The van der Waals surface area contributed by atoms with E-state index in [0.717, 1.165) is 0 Å². The zero-order valence-corrected chi connectivity index (χ0v) is 11.5. The van der Waals surface area contributed by atoms with E-state index in [-0.39, 0.29) is 11.2 Å². The van der Waals surface area contributed by atoms with Gasteiger partial charge in [0.15, 0.2) is 0 Å². The third kappa shape index (κ3) is 0.952. The van der Waals surface area contributed by atoms with Crippen LogP contribution in [0.3, 0.4) is 0 Å². The lowest BCUT2D eigenvalue weighted by atomic mass is 9.54. The molecule has 0 aromatic heterocycles. The number of fused-ring (bicyclic) bond motifs is 2. The molecule has 0 N–H and O–H groups in total. The summed E-state index contributed by atoms with van der Waals surface area (Å²) in [5.41, 5.74) is 0.641. The van der Waals surface area contributed by atoms with Gasteiger partial charge in [0, 0.05) is 5.41 Å². The minimum atomic E-state index is 0.0884. The van der Waals surface area contributed by atoms with Crippen molar-refractivity contribution in [3.63, 3.8) is 0 Å². The van der Waals surface area contributed by atoms with Gasteiger partial charge in [0.25, 0.3) is 0 Å². The Morgan fingerprint density at radius 3 is 2.71 bits per heavy atom. The van der Waals surface area contributed by atoms with Crippen LogP contribution in [0.15, 0.2) is 0 Å². The van der Waals surface area contributed by atoms with E-state index < -0.39 is 0 Å². The fourth-order valence-electron chi connectivity index (χ4n) is 5.35. The number of rotatable bonds is 1. The van der Waals surface area contributed by atoms with Crippen LogP contribution >= 0.6 is 0 Å². The average molecular weight is 236 g/mol. The van der Waals surface area contributed by atoms with Gasteiger partial charge in [0.1, 0.15) is 17.3 Å². The number of hydrogen-bond acceptors (Lipinski definition) is 2. The van der Waals surface area contributed by atoms with E-state index in [2.05, 4.69) is 27.7 Å². The second-order valence-electron chi connectivity index (χ2n) is 7.46. The van der Waals surface area contributed by atoms with Gasteiger partial charge in [-0.25, -0.2) is 0 Å². The fraction of sp³-hybridized carbons (Fsp3) is 1.00. The largest absolute Gasteiger partial charge is 0.363 e. The maximum Gasteiger partial charge on any atom is 0.126 e. The molecule has 6 atom stereocenters. The molecule has 17 heavy (non-hydrogen) atoms. The van der Waals surface area contributed by atoms with Crippen LogP contribution in [-0.4, -0.2) is 23.4 Å². The first-order chi connectivity index (χ1) is 7.97. The fourth-order valence-corrected chi connectivity index (χ4v) is 5.35. The summed E-state index contributed by atoms with van der Waals surface area (Å²) in [5.74, 6) is 1.31. The summed E-state index contributed by atoms with van der Waals surface area (Å²) in [6.45, 7) is 9.44. The van der Waals surface area contributed by atoms with Crippen molar-refractivity contribution in [1.29, 1.82) is 0 Å². The van der Waals surface area contributed by atoms with E-state index in [9.17, 15) is 0 Å². The van der Waals surface area contributed by atoms with Gasteiger partial charge in [-0.3, -0.25) is 0 Å². The summed E-state index contributed by atoms with van der Waals surface area (Å²) in [4.78, 5) is 0. The summed E-state index contributed by atoms with van der Waals surface area (Å²) in [6.07, 6.45) is 6.16. The van der Waals surface area contributed by atoms with Crippen molar-refractivity contribution in [1.82, 2.24) is 0 Å². The first-order valence-corrected chi connectivity index (χ1v) is 7.33. The molecular formula is C15H24O2. The van der Waals surface area contributed by atoms with Gasteiger partial charge in [-0.2, -0.15) is 0 Å². The number of hydrogen-bond donors (Lipinski definition) is 0. The maximum absolute atomic E-state index is 6.38. The zero-order valence-electron chi connectivity index (χ0n) is 11.5. The van der Waals surface area contributed by atoms with Crippen LogP contribution in [0.1, 0.15) is 53.4 Å². The lowest BCUT2D eigenvalue weighted by molar-refractivity contribution is 0.0115. The van der Waals surface area contributed by atoms with Gasteiger partial charge < -0.3 is 9.47 Å². The molecule has 0 aromatic carbocycles. The molecule has 2 aliphatic carbocycles. The van der Waals surface area contributed by atoms with Crippen molar-refractivity contribution in [2.75, 3.05) is 0 Å². The first kappa shape index (κ1) is 10.8. The molecule has 2 heterocycles. The van der Waals surface area contributed by atoms with E-state index in [1.807, 2.05) is 0 Å². The average Bonchev–Trinajstić information content (AvgIpc) is 3.06. The van der Waals surface area contributed by atoms with E-state index >= 15 is 0 Å². The van der Waals surface area contributed by atoms with E-state index in [4.69, 9.17) is 9.47 Å². The second-order valence-corrected chi connectivity index (χ2v) is 7.46. The van der Waals surface area contributed by atoms with Crippen molar-refractivity contribution in [3.8, 4) is 0 Å². The lowest BCUT2D eigenvalue weighted by Gasteiger charge is -2.46. The lowest BCUT2D eigenvalue weighted by Crippen LogP contribution is -2.54. The van der Waals surface area contributed by atoms with Gasteiger partial charge in [0.05, 0.1) is 6.10 Å². The van der Waals surface area contributed by atoms with Gasteiger partial charge in [-0.1, -0.05) is 34.1 Å². The normalized spacial score (nSPS) is 63.7. The Morgan fingerprint density at radius 1 is 1.24 bits per heavy atom. The van der Waals surface area contributed by atoms with Gasteiger partial charge in [-0.05, 0) is 31.1 Å². The third-order valence-electron chi connectivity index (χ3n) is 6.43. The summed E-state index contributed by atoms with van der Waals surface area (Å²) < 4.78 is 12.5. The van der Waals surface area contributed by atoms with Crippen LogP contribution in [0.4, 0.5) is 0 Å². The van der Waals surface area contributed by atoms with Crippen LogP contribution in [0.2, 0.25) is 0 Å². The smallest absolute Gasteiger partial charge is 0.126 e. The standard InChI is InChI=1S/C15H24O2/c1-9(2)14-11(16-14)8-13(4)7-5-6-10(3)15(13)12(14)17-15/h9-12H,5-8H2,1-4H3/t10-,11-,12-,13+,14-,15-/m0/s1. The molecule has 1 spiro atoms. The van der Waals surface area contributed by atoms with E-state index in [0.29, 0.717) is 29.5 Å². The highest BCUT2D eigenvalue weighted by Crippen LogP contribution is 2.75. The quantitative estimate of drug-likeness (QED) is 0.653. The highest BCUT2D eigenvalue weighted by molar-refractivity contribution is 5.34. The first-order valence-electron chi connectivity index (χ1n) is 7.33. The highest BCUT2D eigenvalue weighted by atomic mass is 16.7. The Balaban J connectivity index is 1.76. The summed E-state index contributed by atoms with van der Waals surface area (Å²) in [6, 6.07) is 0. The monoisotopic (exact) mass is 236 g/mol. The molecule has 2 aliphatic heterocycles. The minimum absolute atomic E-state index is 0.0884. The molecule has 0 bridgehead atoms. The minimum Gasteiger partial charge on any atom is -0.363 e. The molecule has 0 amide bonds. The van der Waals surface area contributed by atoms with E-state index in [1.165, 1.54) is 25.7 Å². The van der Waals surface area contributed by atoms with Crippen LogP contribution in [0.25, 0.3) is 0 Å². The molecule has 96 valence electrons. The molecule has 0 aromatic rings. The summed E-state index contributed by atoms with van der Waals surface area (Å²) >= 11 is 0. The Bertz CT molecular complexity index is 379. The van der Waals surface area contributed by atoms with E-state index in [1.54, 1.807) is 0 Å². The molecule has 4 aliphatic rings. The molecule has 0 radical (unpaired) electrons. The Labute approximate surface area is 104 Å². The predicted octanol–water partition coefficient (Wildman–Crippen LogP) is 3.15. The van der Waals surface area contributed by atoms with Crippen LogP contribution < -0.4 is 0 Å². The summed E-state index contributed by atoms with van der Waals surface area (Å²) in [7, 11) is 0. The molecular weight excluding hydrogens is 212 g/mol. The van der Waals surface area contributed by atoms with Crippen molar-refractivity contribution < 1.29 is 9.47 Å². The Hall–Kier alpha value is -0.0800. The molecule has 2 saturated carbocycles. The molecule has 2 saturated heterocycles. The topological polar surface area (TPSA) is 25.1 Å². The SMILES string of the molecule is CC(C)[C@]12O[C@H]1C[C@@]1(C)CCC[C@H](C)[C@@]13O[C@@H]23. The Morgan fingerprint density at radius 2 is 2.00 bits per heavy atom. The van der Waals surface area contributed by atoms with Crippen LogP contribution in [0, 0.1) is 17.3 Å². The Kier molecular flexibility index (Phi) is 1.75. The molecule has 4 fully saturated rings. The van der Waals surface area contributed by atoms with Crippen molar-refractivity contribution >= 4 is 0 Å². The van der Waals surface area contributed by atoms with Gasteiger partial charge in [-0.15, -0.1) is 0 Å². The second kappa shape index (κ2) is 2.75.